The Bertz CT molecular complexity index is 522. The molecule has 0 amide bonds. The molecule has 2 nitrogen and oxygen atoms in total. The van der Waals surface area contributed by atoms with Gasteiger partial charge in [0.05, 0.1) is 6.04 Å². The van der Waals surface area contributed by atoms with Crippen LogP contribution in [0.5, 0.6) is 0 Å². The summed E-state index contributed by atoms with van der Waals surface area (Å²) in [5.74, 6) is 0.864. The van der Waals surface area contributed by atoms with Gasteiger partial charge in [-0.3, -0.25) is 0 Å². The lowest BCUT2D eigenvalue weighted by Gasteiger charge is -2.16. The Labute approximate surface area is 98.9 Å². The normalized spacial score (nSPS) is 23.6. The maximum atomic E-state index is 3.71. The summed E-state index contributed by atoms with van der Waals surface area (Å²) in [5.41, 5.74) is 2.88. The average Bonchev–Trinajstić information content (AvgIpc) is 2.88. The van der Waals surface area contributed by atoms with Crippen LogP contribution < -0.4 is 5.32 Å². The Balaban J connectivity index is 1.89. The van der Waals surface area contributed by atoms with Gasteiger partial charge in [-0.2, -0.15) is 0 Å². The van der Waals surface area contributed by atoms with Crippen LogP contribution in [0.3, 0.4) is 0 Å². The van der Waals surface area contributed by atoms with E-state index < -0.39 is 0 Å². The summed E-state index contributed by atoms with van der Waals surface area (Å²) >= 11 is 1.84. The first kappa shape index (κ1) is 9.02. The molecular weight excluding hydrogens is 216 g/mol. The molecule has 2 aromatic rings. The van der Waals surface area contributed by atoms with E-state index in [9.17, 15) is 0 Å². The van der Waals surface area contributed by atoms with Crippen LogP contribution in [0.25, 0.3) is 5.00 Å². The van der Waals surface area contributed by atoms with Crippen LogP contribution in [-0.4, -0.2) is 4.57 Å². The summed E-state index contributed by atoms with van der Waals surface area (Å²) in [6.45, 7) is 1.02. The zero-order valence-electron chi connectivity index (χ0n) is 9.02. The summed E-state index contributed by atoms with van der Waals surface area (Å²) in [6, 6.07) is 7.24. The first-order valence-corrected chi connectivity index (χ1v) is 6.79. The topological polar surface area (TPSA) is 17.0 Å². The Morgan fingerprint density at radius 3 is 3.12 bits per heavy atom. The summed E-state index contributed by atoms with van der Waals surface area (Å²) in [4.78, 5) is 0. The summed E-state index contributed by atoms with van der Waals surface area (Å²) in [7, 11) is 0. The van der Waals surface area contributed by atoms with Crippen molar-refractivity contribution >= 4 is 11.3 Å². The molecule has 0 radical (unpaired) electrons. The van der Waals surface area contributed by atoms with Crippen LogP contribution in [0, 0.1) is 5.92 Å². The number of nitrogens with one attached hydrogen (secondary N) is 1. The minimum absolute atomic E-state index is 0.564. The fourth-order valence-electron chi connectivity index (χ4n) is 2.67. The van der Waals surface area contributed by atoms with Crippen molar-refractivity contribution in [1.29, 1.82) is 0 Å². The molecule has 1 aliphatic carbocycles. The van der Waals surface area contributed by atoms with Crippen LogP contribution in [0.15, 0.2) is 29.8 Å². The number of rotatable bonds is 1. The second-order valence-corrected chi connectivity index (χ2v) is 5.64. The molecule has 0 saturated heterocycles. The molecule has 3 heteroatoms. The van der Waals surface area contributed by atoms with Gasteiger partial charge in [0.25, 0.3) is 0 Å². The van der Waals surface area contributed by atoms with Crippen molar-refractivity contribution < 1.29 is 0 Å². The van der Waals surface area contributed by atoms with E-state index >= 15 is 0 Å². The maximum absolute atomic E-state index is 3.71. The van der Waals surface area contributed by atoms with Crippen molar-refractivity contribution in [2.24, 2.45) is 5.92 Å². The van der Waals surface area contributed by atoms with E-state index in [0.717, 1.165) is 12.5 Å². The van der Waals surface area contributed by atoms with Crippen molar-refractivity contribution in [1.82, 2.24) is 9.88 Å². The first-order chi connectivity index (χ1) is 7.93. The Hall–Kier alpha value is -1.06. The van der Waals surface area contributed by atoms with E-state index in [1.807, 2.05) is 11.3 Å². The van der Waals surface area contributed by atoms with Crippen molar-refractivity contribution in [2.45, 2.75) is 25.4 Å². The molecule has 2 aromatic heterocycles. The zero-order valence-corrected chi connectivity index (χ0v) is 9.83. The molecule has 1 aliphatic heterocycles. The van der Waals surface area contributed by atoms with E-state index in [4.69, 9.17) is 0 Å². The standard InChI is InChI=1S/C13H14N2S/c1-2-11-12(9-3-4-9)14-8-10-5-7-16-13(10)15(11)6-1/h1-2,5-7,9,12,14H,3-4,8H2. The van der Waals surface area contributed by atoms with Crippen LogP contribution in [0.2, 0.25) is 0 Å². The number of fused-ring (bicyclic) bond motifs is 3. The van der Waals surface area contributed by atoms with Crippen molar-refractivity contribution in [2.75, 3.05) is 0 Å². The third-order valence-electron chi connectivity index (χ3n) is 3.65. The molecule has 16 heavy (non-hydrogen) atoms. The van der Waals surface area contributed by atoms with E-state index in [2.05, 4.69) is 39.7 Å². The molecule has 1 unspecified atom stereocenters. The Kier molecular flexibility index (Phi) is 1.81. The molecule has 4 rings (SSSR count). The molecule has 0 bridgehead atoms. The van der Waals surface area contributed by atoms with E-state index in [-0.39, 0.29) is 0 Å². The zero-order chi connectivity index (χ0) is 10.5. The maximum Gasteiger partial charge on any atom is 0.104 e. The molecule has 3 heterocycles. The van der Waals surface area contributed by atoms with E-state index in [0.29, 0.717) is 6.04 Å². The Morgan fingerprint density at radius 2 is 2.25 bits per heavy atom. The van der Waals surface area contributed by atoms with Crippen LogP contribution in [0.4, 0.5) is 0 Å². The molecule has 1 fully saturated rings. The fourth-order valence-corrected chi connectivity index (χ4v) is 3.60. The second kappa shape index (κ2) is 3.22. The summed E-state index contributed by atoms with van der Waals surface area (Å²) in [6.07, 6.45) is 4.97. The van der Waals surface area contributed by atoms with Gasteiger partial charge in [0.15, 0.2) is 0 Å². The number of thiophene rings is 1. The van der Waals surface area contributed by atoms with Gasteiger partial charge in [0.2, 0.25) is 0 Å². The van der Waals surface area contributed by atoms with Gasteiger partial charge in [-0.25, -0.2) is 0 Å². The molecule has 82 valence electrons. The highest BCUT2D eigenvalue weighted by molar-refractivity contribution is 7.12. The molecule has 1 saturated carbocycles. The smallest absolute Gasteiger partial charge is 0.104 e. The highest BCUT2D eigenvalue weighted by atomic mass is 32.1. The monoisotopic (exact) mass is 230 g/mol. The van der Waals surface area contributed by atoms with E-state index in [1.54, 1.807) is 0 Å². The van der Waals surface area contributed by atoms with Crippen LogP contribution in [-0.2, 0) is 6.54 Å². The lowest BCUT2D eigenvalue weighted by atomic mass is 10.1. The van der Waals surface area contributed by atoms with Gasteiger partial charge in [-0.1, -0.05) is 0 Å². The summed E-state index contributed by atoms with van der Waals surface area (Å²) < 4.78 is 2.38. The van der Waals surface area contributed by atoms with Crippen LogP contribution in [0.1, 0.15) is 30.1 Å². The predicted molar refractivity (Wildman–Crippen MR) is 66.0 cm³/mol. The minimum atomic E-state index is 0.564. The molecule has 1 N–H and O–H groups in total. The van der Waals surface area contributed by atoms with Crippen molar-refractivity contribution in [3.05, 3.63) is 41.0 Å². The van der Waals surface area contributed by atoms with Gasteiger partial charge in [-0.05, 0) is 42.3 Å². The minimum Gasteiger partial charge on any atom is -0.311 e. The quantitative estimate of drug-likeness (QED) is 0.796. The number of nitrogens with zero attached hydrogens (tertiary/aromatic N) is 1. The number of aromatic nitrogens is 1. The molecule has 2 aliphatic rings. The lowest BCUT2D eigenvalue weighted by molar-refractivity contribution is 0.474. The second-order valence-electron chi connectivity index (χ2n) is 4.75. The van der Waals surface area contributed by atoms with Crippen molar-refractivity contribution in [3.63, 3.8) is 0 Å². The molecule has 0 spiro atoms. The van der Waals surface area contributed by atoms with Gasteiger partial charge in [-0.15, -0.1) is 11.3 Å². The highest BCUT2D eigenvalue weighted by Gasteiger charge is 2.35. The molecule has 0 aromatic carbocycles. The van der Waals surface area contributed by atoms with Crippen LogP contribution >= 0.6 is 11.3 Å². The molecular formula is C13H14N2S. The first-order valence-electron chi connectivity index (χ1n) is 5.91. The Morgan fingerprint density at radius 1 is 1.31 bits per heavy atom. The third kappa shape index (κ3) is 1.22. The SMILES string of the molecule is c1cc2n(c1)-c1sccc1CNC2C1CC1. The average molecular weight is 230 g/mol. The van der Waals surface area contributed by atoms with Gasteiger partial charge >= 0.3 is 0 Å². The third-order valence-corrected chi connectivity index (χ3v) is 4.60. The largest absolute Gasteiger partial charge is 0.311 e. The number of hydrogen-bond acceptors (Lipinski definition) is 2. The highest BCUT2D eigenvalue weighted by Crippen LogP contribution is 2.43. The van der Waals surface area contributed by atoms with Crippen molar-refractivity contribution in [3.8, 4) is 5.00 Å². The number of hydrogen-bond donors (Lipinski definition) is 1. The lowest BCUT2D eigenvalue weighted by Crippen LogP contribution is -2.21. The molecule has 1 atom stereocenters. The summed E-state index contributed by atoms with van der Waals surface area (Å²) in [5, 5.41) is 7.30. The predicted octanol–water partition coefficient (Wildman–Crippen LogP) is 3.09. The van der Waals surface area contributed by atoms with Gasteiger partial charge in [0.1, 0.15) is 5.00 Å². The fraction of sp³-hybridized carbons (Fsp3) is 0.385. The van der Waals surface area contributed by atoms with Gasteiger partial charge in [0, 0.05) is 24.0 Å². The van der Waals surface area contributed by atoms with E-state index in [1.165, 1.54) is 29.1 Å². The van der Waals surface area contributed by atoms with Gasteiger partial charge < -0.3 is 9.88 Å².